The molecule has 2 rings (SSSR count). The normalized spacial score (nSPS) is 29.1. The summed E-state index contributed by atoms with van der Waals surface area (Å²) in [5.41, 5.74) is 0. The minimum atomic E-state index is -2.69. The lowest BCUT2D eigenvalue weighted by Gasteiger charge is -2.34. The monoisotopic (exact) mass is 246 g/mol. The zero-order valence-electron chi connectivity index (χ0n) is 10.1. The Labute approximate surface area is 101 Å². The fraction of sp³-hybridized carbons (Fsp3) is 0.917. The molecule has 0 bridgehead atoms. The third-order valence-corrected chi connectivity index (χ3v) is 3.58. The van der Waals surface area contributed by atoms with E-state index in [1.807, 2.05) is 0 Å². The summed E-state index contributed by atoms with van der Waals surface area (Å²) in [6, 6.07) is 0.187. The first-order chi connectivity index (χ1) is 8.07. The third-order valence-electron chi connectivity index (χ3n) is 3.58. The SMILES string of the molecule is O=C(CC1CCCCN1)N1CCCC(F)(F)C1. The van der Waals surface area contributed by atoms with Crippen LogP contribution in [0.5, 0.6) is 0 Å². The molecule has 2 aliphatic rings. The number of likely N-dealkylation sites (tertiary alicyclic amines) is 1. The molecule has 2 aliphatic heterocycles. The van der Waals surface area contributed by atoms with Crippen molar-refractivity contribution in [1.82, 2.24) is 10.2 Å². The van der Waals surface area contributed by atoms with Gasteiger partial charge in [0.05, 0.1) is 6.54 Å². The number of amides is 1. The third kappa shape index (κ3) is 3.63. The Morgan fingerprint density at radius 3 is 2.82 bits per heavy atom. The summed E-state index contributed by atoms with van der Waals surface area (Å²) in [5, 5.41) is 3.27. The highest BCUT2D eigenvalue weighted by Crippen LogP contribution is 2.27. The number of rotatable bonds is 2. The Kier molecular flexibility index (Phi) is 3.97. The first kappa shape index (κ1) is 12.7. The molecule has 2 heterocycles. The maximum atomic E-state index is 13.2. The molecule has 3 nitrogen and oxygen atoms in total. The molecule has 0 aromatic heterocycles. The number of hydrogen-bond donors (Lipinski definition) is 1. The second-order valence-electron chi connectivity index (χ2n) is 5.13. The van der Waals surface area contributed by atoms with E-state index in [0.29, 0.717) is 19.4 Å². The summed E-state index contributed by atoms with van der Waals surface area (Å²) in [5.74, 6) is -2.81. The smallest absolute Gasteiger partial charge is 0.265 e. The lowest BCUT2D eigenvalue weighted by molar-refractivity contribution is -0.142. The second-order valence-corrected chi connectivity index (χ2v) is 5.13. The van der Waals surface area contributed by atoms with Crippen molar-refractivity contribution in [2.75, 3.05) is 19.6 Å². The molecule has 1 N–H and O–H groups in total. The van der Waals surface area contributed by atoms with Gasteiger partial charge in [-0.3, -0.25) is 4.79 Å². The average molecular weight is 246 g/mol. The second kappa shape index (κ2) is 5.29. The summed E-state index contributed by atoms with van der Waals surface area (Å²) in [6.07, 6.45) is 3.95. The lowest BCUT2D eigenvalue weighted by Crippen LogP contribution is -2.48. The summed E-state index contributed by atoms with van der Waals surface area (Å²) in [4.78, 5) is 13.2. The molecule has 1 amide bonds. The molecule has 0 spiro atoms. The highest BCUT2D eigenvalue weighted by Gasteiger charge is 2.37. The van der Waals surface area contributed by atoms with Gasteiger partial charge in [-0.15, -0.1) is 0 Å². The van der Waals surface area contributed by atoms with Crippen molar-refractivity contribution in [3.05, 3.63) is 0 Å². The van der Waals surface area contributed by atoms with Crippen molar-refractivity contribution in [3.8, 4) is 0 Å². The molecule has 17 heavy (non-hydrogen) atoms. The summed E-state index contributed by atoms with van der Waals surface area (Å²) >= 11 is 0. The number of nitrogens with one attached hydrogen (secondary N) is 1. The minimum Gasteiger partial charge on any atom is -0.337 e. The predicted molar refractivity (Wildman–Crippen MR) is 61.0 cm³/mol. The van der Waals surface area contributed by atoms with Gasteiger partial charge in [-0.1, -0.05) is 6.42 Å². The molecule has 0 aromatic carbocycles. The summed E-state index contributed by atoms with van der Waals surface area (Å²) < 4.78 is 26.4. The van der Waals surface area contributed by atoms with Crippen LogP contribution in [0.1, 0.15) is 38.5 Å². The highest BCUT2D eigenvalue weighted by molar-refractivity contribution is 5.77. The van der Waals surface area contributed by atoms with Crippen LogP contribution < -0.4 is 5.32 Å². The van der Waals surface area contributed by atoms with E-state index < -0.39 is 12.5 Å². The first-order valence-corrected chi connectivity index (χ1v) is 6.46. The lowest BCUT2D eigenvalue weighted by atomic mass is 10.0. The Hall–Kier alpha value is -0.710. The Morgan fingerprint density at radius 2 is 2.18 bits per heavy atom. The molecular formula is C12H20F2N2O. The van der Waals surface area contributed by atoms with Crippen LogP contribution in [0.25, 0.3) is 0 Å². The minimum absolute atomic E-state index is 0.0849. The van der Waals surface area contributed by atoms with Gasteiger partial charge in [0.15, 0.2) is 0 Å². The average Bonchev–Trinajstić information content (AvgIpc) is 2.29. The summed E-state index contributed by atoms with van der Waals surface area (Å²) in [7, 11) is 0. The van der Waals surface area contributed by atoms with Crippen molar-refractivity contribution in [2.24, 2.45) is 0 Å². The van der Waals surface area contributed by atoms with Crippen LogP contribution in [0.4, 0.5) is 8.78 Å². The van der Waals surface area contributed by atoms with E-state index in [1.165, 1.54) is 4.90 Å². The number of halogens is 2. The highest BCUT2D eigenvalue weighted by atomic mass is 19.3. The molecule has 98 valence electrons. The number of piperidine rings is 2. The predicted octanol–water partition coefficient (Wildman–Crippen LogP) is 1.78. The summed E-state index contributed by atoms with van der Waals surface area (Å²) in [6.45, 7) is 1.04. The van der Waals surface area contributed by atoms with Gasteiger partial charge in [0.2, 0.25) is 5.91 Å². The van der Waals surface area contributed by atoms with Crippen molar-refractivity contribution in [2.45, 2.75) is 50.5 Å². The maximum absolute atomic E-state index is 13.2. The number of carbonyl (C=O) groups is 1. The number of hydrogen-bond acceptors (Lipinski definition) is 2. The van der Waals surface area contributed by atoms with Gasteiger partial charge in [0, 0.05) is 25.4 Å². The fourth-order valence-electron chi connectivity index (χ4n) is 2.62. The van der Waals surface area contributed by atoms with Crippen LogP contribution in [0.2, 0.25) is 0 Å². The van der Waals surface area contributed by atoms with E-state index in [-0.39, 0.29) is 18.4 Å². The molecule has 0 aliphatic carbocycles. The number of carbonyl (C=O) groups excluding carboxylic acids is 1. The molecule has 1 unspecified atom stereocenters. The molecule has 2 fully saturated rings. The van der Waals surface area contributed by atoms with Crippen LogP contribution in [-0.2, 0) is 4.79 Å². The largest absolute Gasteiger partial charge is 0.337 e. The van der Waals surface area contributed by atoms with Crippen molar-refractivity contribution < 1.29 is 13.6 Å². The number of alkyl halides is 2. The fourth-order valence-corrected chi connectivity index (χ4v) is 2.62. The van der Waals surface area contributed by atoms with Crippen molar-refractivity contribution >= 4 is 5.91 Å². The van der Waals surface area contributed by atoms with Gasteiger partial charge in [0.25, 0.3) is 5.92 Å². The van der Waals surface area contributed by atoms with Gasteiger partial charge in [-0.25, -0.2) is 8.78 Å². The first-order valence-electron chi connectivity index (χ1n) is 6.46. The molecule has 0 aromatic rings. The van der Waals surface area contributed by atoms with Crippen LogP contribution in [0.3, 0.4) is 0 Å². The van der Waals surface area contributed by atoms with Gasteiger partial charge >= 0.3 is 0 Å². The molecule has 0 saturated carbocycles. The Morgan fingerprint density at radius 1 is 1.35 bits per heavy atom. The Balaban J connectivity index is 1.82. The van der Waals surface area contributed by atoms with Crippen LogP contribution in [0.15, 0.2) is 0 Å². The van der Waals surface area contributed by atoms with Gasteiger partial charge < -0.3 is 10.2 Å². The van der Waals surface area contributed by atoms with Crippen LogP contribution in [-0.4, -0.2) is 42.4 Å². The van der Waals surface area contributed by atoms with Gasteiger partial charge in [-0.05, 0) is 25.8 Å². The van der Waals surface area contributed by atoms with E-state index in [4.69, 9.17) is 0 Å². The molecule has 5 heteroatoms. The van der Waals surface area contributed by atoms with Gasteiger partial charge in [0.1, 0.15) is 0 Å². The van der Waals surface area contributed by atoms with Gasteiger partial charge in [-0.2, -0.15) is 0 Å². The molecule has 0 radical (unpaired) electrons. The molecule has 2 saturated heterocycles. The van der Waals surface area contributed by atoms with Crippen LogP contribution >= 0.6 is 0 Å². The van der Waals surface area contributed by atoms with Crippen molar-refractivity contribution in [3.63, 3.8) is 0 Å². The molecular weight excluding hydrogens is 226 g/mol. The van der Waals surface area contributed by atoms with Crippen LogP contribution in [0, 0.1) is 0 Å². The zero-order chi connectivity index (χ0) is 12.3. The molecule has 1 atom stereocenters. The Bertz CT molecular complexity index is 278. The standard InChI is InChI=1S/C12H20F2N2O/c13-12(14)5-3-7-16(9-12)11(17)8-10-4-1-2-6-15-10/h10,15H,1-9H2. The van der Waals surface area contributed by atoms with Crippen molar-refractivity contribution in [1.29, 1.82) is 0 Å². The van der Waals surface area contributed by atoms with E-state index in [1.54, 1.807) is 0 Å². The van der Waals surface area contributed by atoms with E-state index in [9.17, 15) is 13.6 Å². The van der Waals surface area contributed by atoms with E-state index in [2.05, 4.69) is 5.32 Å². The maximum Gasteiger partial charge on any atom is 0.265 e. The number of nitrogens with zero attached hydrogens (tertiary/aromatic N) is 1. The van der Waals surface area contributed by atoms with E-state index >= 15 is 0 Å². The zero-order valence-corrected chi connectivity index (χ0v) is 10.1. The topological polar surface area (TPSA) is 32.3 Å². The quantitative estimate of drug-likeness (QED) is 0.805. The van der Waals surface area contributed by atoms with E-state index in [0.717, 1.165) is 25.8 Å².